The van der Waals surface area contributed by atoms with E-state index >= 15 is 0 Å². The number of aromatic nitrogens is 3. The van der Waals surface area contributed by atoms with Crippen molar-refractivity contribution in [1.29, 1.82) is 0 Å². The first-order valence-electron chi connectivity index (χ1n) is 8.03. The quantitative estimate of drug-likeness (QED) is 0.606. The Kier molecular flexibility index (Phi) is 4.18. The Bertz CT molecular complexity index is 1180. The van der Waals surface area contributed by atoms with Crippen molar-refractivity contribution >= 4 is 23.2 Å². The van der Waals surface area contributed by atoms with E-state index in [4.69, 9.17) is 0 Å². The topological polar surface area (TPSA) is 67.5 Å². The molecule has 128 valence electrons. The van der Waals surface area contributed by atoms with Crippen LogP contribution in [0.1, 0.15) is 6.92 Å². The Hall–Kier alpha value is -3.12. The van der Waals surface area contributed by atoms with Crippen molar-refractivity contribution in [2.45, 2.75) is 16.7 Å². The first kappa shape index (κ1) is 16.4. The van der Waals surface area contributed by atoms with Gasteiger partial charge in [-0.1, -0.05) is 42.1 Å². The number of hydrogen-bond acceptors (Lipinski definition) is 5. The summed E-state index contributed by atoms with van der Waals surface area (Å²) in [4.78, 5) is 19.0. The maximum Gasteiger partial charge on any atom is 0.285 e. The van der Waals surface area contributed by atoms with Crippen LogP contribution in [0.4, 0.5) is 0 Å². The number of aliphatic hydroxyl groups is 1. The monoisotopic (exact) mass is 361 g/mol. The zero-order valence-electron chi connectivity index (χ0n) is 14.0. The first-order chi connectivity index (χ1) is 12.6. The second kappa shape index (κ2) is 6.65. The van der Waals surface area contributed by atoms with Gasteiger partial charge >= 0.3 is 0 Å². The summed E-state index contributed by atoms with van der Waals surface area (Å²) >= 11 is 1.69. The van der Waals surface area contributed by atoms with Crippen molar-refractivity contribution in [2.24, 2.45) is 0 Å². The molecule has 0 aliphatic rings. The third-order valence-electron chi connectivity index (χ3n) is 4.02. The molecule has 0 bridgehead atoms. The summed E-state index contributed by atoms with van der Waals surface area (Å²) in [6.45, 7) is 1.46. The standard InChI is InChI=1S/C20H15N3O2S/c1-13(24)17-11-21-19-18(12-22-23(19)20(17)25)14-7-9-16(10-8-14)26-15-5-3-2-4-6-15/h2-12,24H,1H3. The lowest BCUT2D eigenvalue weighted by molar-refractivity contribution is 0.497. The highest BCUT2D eigenvalue weighted by Gasteiger charge is 2.11. The minimum absolute atomic E-state index is 0.0660. The van der Waals surface area contributed by atoms with E-state index in [9.17, 15) is 9.90 Å². The van der Waals surface area contributed by atoms with Crippen LogP contribution in [0.3, 0.4) is 0 Å². The lowest BCUT2D eigenvalue weighted by Crippen LogP contribution is -2.33. The van der Waals surface area contributed by atoms with Gasteiger partial charge in [-0.25, -0.2) is 4.98 Å². The van der Waals surface area contributed by atoms with E-state index in [0.717, 1.165) is 16.0 Å². The average molecular weight is 361 g/mol. The fourth-order valence-electron chi connectivity index (χ4n) is 2.69. The van der Waals surface area contributed by atoms with E-state index in [-0.39, 0.29) is 16.5 Å². The Morgan fingerprint density at radius 1 is 1.00 bits per heavy atom. The Labute approximate surface area is 153 Å². The Morgan fingerprint density at radius 3 is 2.38 bits per heavy atom. The predicted octanol–water partition coefficient (Wildman–Crippen LogP) is 3.31. The van der Waals surface area contributed by atoms with Crippen LogP contribution in [0.5, 0.6) is 0 Å². The van der Waals surface area contributed by atoms with Gasteiger partial charge in [0.1, 0.15) is 5.76 Å². The molecule has 0 amide bonds. The van der Waals surface area contributed by atoms with E-state index < -0.39 is 0 Å². The summed E-state index contributed by atoms with van der Waals surface area (Å²) in [7, 11) is 0. The van der Waals surface area contributed by atoms with Gasteiger partial charge in [0.2, 0.25) is 0 Å². The molecule has 0 aliphatic carbocycles. The lowest BCUT2D eigenvalue weighted by atomic mass is 10.1. The third-order valence-corrected chi connectivity index (χ3v) is 5.03. The van der Waals surface area contributed by atoms with Crippen molar-refractivity contribution in [2.75, 3.05) is 0 Å². The van der Waals surface area contributed by atoms with Crippen molar-refractivity contribution in [3.8, 4) is 11.1 Å². The summed E-state index contributed by atoms with van der Waals surface area (Å²) in [5.74, 6) is -0.0660. The summed E-state index contributed by atoms with van der Waals surface area (Å²) in [6.07, 6.45) is 3.01. The molecular weight excluding hydrogens is 346 g/mol. The molecule has 0 saturated heterocycles. The molecule has 0 fully saturated rings. The third kappa shape index (κ3) is 2.95. The summed E-state index contributed by atoms with van der Waals surface area (Å²) in [6, 6.07) is 18.2. The van der Waals surface area contributed by atoms with Gasteiger partial charge in [0.05, 0.1) is 11.4 Å². The minimum atomic E-state index is -0.377. The highest BCUT2D eigenvalue weighted by molar-refractivity contribution is 7.99. The number of hydrogen-bond donors (Lipinski definition) is 1. The number of rotatable bonds is 3. The molecule has 2 aromatic heterocycles. The van der Waals surface area contributed by atoms with Crippen LogP contribution in [0.15, 0.2) is 81.6 Å². The zero-order chi connectivity index (χ0) is 18.1. The van der Waals surface area contributed by atoms with Crippen molar-refractivity contribution in [3.63, 3.8) is 0 Å². The molecule has 2 heterocycles. The molecular formula is C20H15N3O2S. The average Bonchev–Trinajstić information content (AvgIpc) is 3.08. The smallest absolute Gasteiger partial charge is 0.285 e. The molecule has 0 saturated carbocycles. The molecule has 5 nitrogen and oxygen atoms in total. The molecule has 4 rings (SSSR count). The molecule has 0 unspecified atom stereocenters. The second-order valence-corrected chi connectivity index (χ2v) is 6.94. The molecule has 6 heteroatoms. The van der Waals surface area contributed by atoms with Gasteiger partial charge < -0.3 is 5.11 Å². The number of aliphatic hydroxyl groups excluding tert-OH is 1. The van der Waals surface area contributed by atoms with Gasteiger partial charge in [-0.2, -0.15) is 9.61 Å². The number of benzene rings is 2. The molecule has 2 aromatic carbocycles. The molecule has 0 radical (unpaired) electrons. The molecule has 1 N–H and O–H groups in total. The molecule has 0 atom stereocenters. The highest BCUT2D eigenvalue weighted by atomic mass is 32.2. The summed E-state index contributed by atoms with van der Waals surface area (Å²) in [5, 5.41) is 13.9. The van der Waals surface area contributed by atoms with Crippen molar-refractivity contribution < 1.29 is 5.11 Å². The van der Waals surface area contributed by atoms with E-state index in [0.29, 0.717) is 5.65 Å². The Balaban J connectivity index is 1.71. The van der Waals surface area contributed by atoms with Gasteiger partial charge in [-0.3, -0.25) is 4.79 Å². The largest absolute Gasteiger partial charge is 0.512 e. The van der Waals surface area contributed by atoms with Crippen molar-refractivity contribution in [3.05, 3.63) is 82.6 Å². The van der Waals surface area contributed by atoms with Crippen LogP contribution >= 0.6 is 11.8 Å². The summed E-state index contributed by atoms with van der Waals surface area (Å²) < 4.78 is 1.22. The van der Waals surface area contributed by atoms with Gasteiger partial charge in [-0.15, -0.1) is 0 Å². The van der Waals surface area contributed by atoms with Crippen LogP contribution in [0.25, 0.3) is 22.5 Å². The van der Waals surface area contributed by atoms with Gasteiger partial charge in [0, 0.05) is 21.6 Å². The SMILES string of the molecule is CC(O)=c1cnc2c(-c3ccc(Sc4ccccc4)cc3)cnn2c1=O. The molecule has 26 heavy (non-hydrogen) atoms. The molecule has 4 aromatic rings. The summed E-state index contributed by atoms with van der Waals surface area (Å²) in [5.41, 5.74) is 1.81. The maximum atomic E-state index is 12.3. The fourth-order valence-corrected chi connectivity index (χ4v) is 3.53. The van der Waals surface area contributed by atoms with E-state index in [2.05, 4.69) is 22.2 Å². The van der Waals surface area contributed by atoms with Crippen LogP contribution in [0.2, 0.25) is 0 Å². The number of nitrogens with zero attached hydrogens (tertiary/aromatic N) is 3. The van der Waals surface area contributed by atoms with Crippen LogP contribution in [-0.2, 0) is 0 Å². The van der Waals surface area contributed by atoms with Crippen molar-refractivity contribution in [1.82, 2.24) is 14.6 Å². The van der Waals surface area contributed by atoms with Crippen LogP contribution in [0, 0.1) is 0 Å². The Morgan fingerprint density at radius 2 is 1.69 bits per heavy atom. The highest BCUT2D eigenvalue weighted by Crippen LogP contribution is 2.30. The zero-order valence-corrected chi connectivity index (χ0v) is 14.8. The number of fused-ring (bicyclic) bond motifs is 1. The molecule has 0 spiro atoms. The van der Waals surface area contributed by atoms with Crippen LogP contribution in [-0.4, -0.2) is 19.7 Å². The predicted molar refractivity (Wildman–Crippen MR) is 102 cm³/mol. The first-order valence-corrected chi connectivity index (χ1v) is 8.85. The molecule has 0 aliphatic heterocycles. The van der Waals surface area contributed by atoms with Gasteiger partial charge in [-0.05, 0) is 36.8 Å². The maximum absolute atomic E-state index is 12.3. The van der Waals surface area contributed by atoms with E-state index in [1.807, 2.05) is 42.5 Å². The van der Waals surface area contributed by atoms with Crippen LogP contribution < -0.4 is 10.8 Å². The van der Waals surface area contributed by atoms with E-state index in [1.165, 1.54) is 22.5 Å². The fraction of sp³-hybridized carbons (Fsp3) is 0.0500. The second-order valence-electron chi connectivity index (χ2n) is 5.80. The van der Waals surface area contributed by atoms with E-state index in [1.54, 1.807) is 18.0 Å². The normalized spacial score (nSPS) is 12.3. The minimum Gasteiger partial charge on any atom is -0.512 e. The van der Waals surface area contributed by atoms with Gasteiger partial charge in [0.15, 0.2) is 5.65 Å². The van der Waals surface area contributed by atoms with Gasteiger partial charge in [0.25, 0.3) is 5.56 Å². The lowest BCUT2D eigenvalue weighted by Gasteiger charge is -2.03.